The predicted molar refractivity (Wildman–Crippen MR) is 268 cm³/mol. The molecule has 0 aliphatic rings. The van der Waals surface area contributed by atoms with E-state index in [1.165, 1.54) is 218 Å². The highest BCUT2D eigenvalue weighted by Crippen LogP contribution is 2.18. The van der Waals surface area contributed by atoms with Crippen LogP contribution >= 0.6 is 0 Å². The number of amides is 2. The van der Waals surface area contributed by atoms with E-state index >= 15 is 0 Å². The highest BCUT2D eigenvalue weighted by molar-refractivity contribution is 5.76. The lowest BCUT2D eigenvalue weighted by molar-refractivity contribution is -0.924. The van der Waals surface area contributed by atoms with E-state index < -0.39 is 0 Å². The van der Waals surface area contributed by atoms with E-state index in [4.69, 9.17) is 0 Å². The first kappa shape index (κ1) is 63.2. The Morgan fingerprint density at radius 3 is 1.00 bits per heavy atom. The Bertz CT molecular complexity index is 901. The number of aliphatic hydroxyl groups excluding tert-OH is 1. The summed E-state index contributed by atoms with van der Waals surface area (Å²) in [5, 5.41) is 16.2. The maximum absolute atomic E-state index is 13.0. The van der Waals surface area contributed by atoms with Crippen molar-refractivity contribution in [1.29, 1.82) is 0 Å². The Kier molecular flexibility index (Phi) is 52.2. The number of hydrogen-bond donors (Lipinski definition) is 3. The van der Waals surface area contributed by atoms with Crippen molar-refractivity contribution in [1.82, 2.24) is 10.6 Å². The first-order chi connectivity index (χ1) is 30.0. The molecule has 0 bridgehead atoms. The van der Waals surface area contributed by atoms with Crippen molar-refractivity contribution >= 4 is 11.8 Å². The average Bonchev–Trinajstić information content (AvgIpc) is 3.26. The van der Waals surface area contributed by atoms with Crippen LogP contribution in [0, 0.1) is 0 Å². The van der Waals surface area contributed by atoms with Gasteiger partial charge in [-0.05, 0) is 39.5 Å². The Morgan fingerprint density at radius 2 is 0.710 bits per heavy atom. The van der Waals surface area contributed by atoms with E-state index in [9.17, 15) is 14.7 Å². The Labute approximate surface area is 395 Å². The number of halogens is 1. The molecule has 372 valence electrons. The molecule has 7 heteroatoms. The van der Waals surface area contributed by atoms with Gasteiger partial charge in [-0.2, -0.15) is 0 Å². The van der Waals surface area contributed by atoms with Gasteiger partial charge in [0.05, 0.1) is 38.8 Å². The minimum absolute atomic E-state index is 0. The largest absolute Gasteiger partial charge is 1.00 e. The van der Waals surface area contributed by atoms with Gasteiger partial charge in [-0.25, -0.2) is 0 Å². The molecule has 0 radical (unpaired) electrons. The lowest BCUT2D eigenvalue weighted by atomic mass is 10.0. The summed E-state index contributed by atoms with van der Waals surface area (Å²) >= 11 is 0. The van der Waals surface area contributed by atoms with Gasteiger partial charge in [0.15, 0.2) is 0 Å². The lowest BCUT2D eigenvalue weighted by Crippen LogP contribution is -3.00. The van der Waals surface area contributed by atoms with Crippen LogP contribution in [0.15, 0.2) is 0 Å². The molecule has 0 aromatic rings. The SMILES string of the molecule is CCCCCCCCCCCCCCCCCCCCCC(=O)NCC[N+](CC)(CC)CC(CCCO)NC(=O)CCCCCCCCCCCCCCCCCCCCC.[Cl-]. The van der Waals surface area contributed by atoms with Crippen LogP contribution in [0.3, 0.4) is 0 Å². The van der Waals surface area contributed by atoms with Gasteiger partial charge in [-0.15, -0.1) is 0 Å². The number of carbonyl (C=O) groups is 2. The molecule has 1 unspecified atom stereocenters. The number of carbonyl (C=O) groups excluding carboxylic acids is 2. The number of unbranched alkanes of at least 4 members (excludes halogenated alkanes) is 36. The quantitative estimate of drug-likeness (QED) is 0.0420. The summed E-state index contributed by atoms with van der Waals surface area (Å²) in [7, 11) is 0. The first-order valence-electron chi connectivity index (χ1n) is 28.0. The van der Waals surface area contributed by atoms with Crippen molar-refractivity contribution in [3.8, 4) is 0 Å². The fourth-order valence-corrected chi connectivity index (χ4v) is 9.45. The van der Waals surface area contributed by atoms with Gasteiger partial charge in [-0.3, -0.25) is 9.59 Å². The molecule has 2 amide bonds. The van der Waals surface area contributed by atoms with Crippen LogP contribution in [0.4, 0.5) is 0 Å². The Morgan fingerprint density at radius 1 is 0.419 bits per heavy atom. The van der Waals surface area contributed by atoms with Gasteiger partial charge in [-0.1, -0.05) is 245 Å². The third-order valence-electron chi connectivity index (χ3n) is 13.9. The number of rotatable bonds is 51. The van der Waals surface area contributed by atoms with Crippen molar-refractivity contribution in [3.63, 3.8) is 0 Å². The molecule has 0 heterocycles. The number of nitrogens with one attached hydrogen (secondary N) is 2. The minimum atomic E-state index is 0. The third-order valence-corrected chi connectivity index (χ3v) is 13.9. The summed E-state index contributed by atoms with van der Waals surface area (Å²) in [6.07, 6.45) is 54.4. The molecule has 0 fully saturated rings. The number of aliphatic hydroxyl groups is 1. The van der Waals surface area contributed by atoms with Gasteiger partial charge in [0.25, 0.3) is 0 Å². The van der Waals surface area contributed by atoms with E-state index in [0.29, 0.717) is 25.8 Å². The second kappa shape index (κ2) is 51.1. The number of quaternary nitrogens is 1. The monoisotopic (exact) mass is 898 g/mol. The van der Waals surface area contributed by atoms with Crippen LogP contribution in [0.2, 0.25) is 0 Å². The molecule has 0 aromatic carbocycles. The molecule has 62 heavy (non-hydrogen) atoms. The number of hydrogen-bond acceptors (Lipinski definition) is 3. The zero-order valence-corrected chi connectivity index (χ0v) is 43.4. The van der Waals surface area contributed by atoms with Crippen LogP contribution in [0.1, 0.15) is 297 Å². The molecule has 6 nitrogen and oxygen atoms in total. The van der Waals surface area contributed by atoms with Crippen LogP contribution in [-0.4, -0.2) is 66.8 Å². The highest BCUT2D eigenvalue weighted by atomic mass is 35.5. The molecule has 0 aliphatic heterocycles. The van der Waals surface area contributed by atoms with Crippen LogP contribution < -0.4 is 23.0 Å². The van der Waals surface area contributed by atoms with Crippen LogP contribution in [-0.2, 0) is 9.59 Å². The van der Waals surface area contributed by atoms with Gasteiger partial charge in [0, 0.05) is 19.4 Å². The van der Waals surface area contributed by atoms with Gasteiger partial charge in [0.1, 0.15) is 0 Å². The smallest absolute Gasteiger partial charge is 0.220 e. The molecule has 0 aliphatic carbocycles. The van der Waals surface area contributed by atoms with Crippen molar-refractivity contribution in [3.05, 3.63) is 0 Å². The van der Waals surface area contributed by atoms with E-state index in [0.717, 1.165) is 62.8 Å². The topological polar surface area (TPSA) is 78.4 Å². The lowest BCUT2D eigenvalue weighted by Gasteiger charge is -2.40. The maximum atomic E-state index is 13.0. The summed E-state index contributed by atoms with van der Waals surface area (Å²) in [4.78, 5) is 25.7. The summed E-state index contributed by atoms with van der Waals surface area (Å²) in [6, 6.07) is 0.0557. The van der Waals surface area contributed by atoms with Crippen molar-refractivity contribution in [2.75, 3.05) is 39.3 Å². The molecule has 0 aromatic heterocycles. The Balaban J connectivity index is 0. The van der Waals surface area contributed by atoms with Crippen LogP contribution in [0.5, 0.6) is 0 Å². The van der Waals surface area contributed by atoms with E-state index in [2.05, 4.69) is 38.3 Å². The zero-order chi connectivity index (χ0) is 44.6. The fourth-order valence-electron chi connectivity index (χ4n) is 9.45. The first-order valence-corrected chi connectivity index (χ1v) is 28.0. The van der Waals surface area contributed by atoms with Crippen LogP contribution in [0.25, 0.3) is 0 Å². The van der Waals surface area contributed by atoms with Gasteiger partial charge >= 0.3 is 0 Å². The van der Waals surface area contributed by atoms with Gasteiger partial charge in [0.2, 0.25) is 11.8 Å². The molecular weight excluding hydrogens is 786 g/mol. The van der Waals surface area contributed by atoms with Crippen molar-refractivity contribution in [2.24, 2.45) is 0 Å². The predicted octanol–water partition coefficient (Wildman–Crippen LogP) is 12.9. The second-order valence-electron chi connectivity index (χ2n) is 19.6. The molecule has 1 atom stereocenters. The maximum Gasteiger partial charge on any atom is 0.220 e. The fraction of sp³-hybridized carbons (Fsp3) is 0.964. The second-order valence-corrected chi connectivity index (χ2v) is 19.6. The van der Waals surface area contributed by atoms with E-state index in [-0.39, 0.29) is 36.9 Å². The standard InChI is InChI=1S/C55H111N3O3.ClH/c1-5-9-11-13-15-17-19-21-23-25-27-29-31-33-35-37-39-41-43-47-54(60)56-49-50-58(7-3,8-4)52-53(46-45-51-59)57-55(61)48-44-42-40-38-36-34-32-30-28-26-24-22-20-18-16-14-12-10-6-2;/h53,59H,5-52H2,1-4H3,(H-,56,57,60,61);1H. The molecule has 0 saturated heterocycles. The molecule has 0 rings (SSSR count). The van der Waals surface area contributed by atoms with E-state index in [1.54, 1.807) is 0 Å². The number of likely N-dealkylation sites (N-methyl/N-ethyl adjacent to an activating group) is 1. The molecular formula is C55H112ClN3O3. The molecule has 3 N–H and O–H groups in total. The summed E-state index contributed by atoms with van der Waals surface area (Å²) in [5.74, 6) is 0.343. The summed E-state index contributed by atoms with van der Waals surface area (Å²) in [5.41, 5.74) is 0. The average molecular weight is 899 g/mol. The highest BCUT2D eigenvalue weighted by Gasteiger charge is 2.28. The summed E-state index contributed by atoms with van der Waals surface area (Å²) in [6.45, 7) is 13.5. The molecule has 0 spiro atoms. The van der Waals surface area contributed by atoms with E-state index in [1.807, 2.05) is 0 Å². The number of nitrogens with zero attached hydrogens (tertiary/aromatic N) is 1. The normalized spacial score (nSPS) is 12.1. The van der Waals surface area contributed by atoms with Gasteiger partial charge < -0.3 is 32.6 Å². The van der Waals surface area contributed by atoms with Crippen molar-refractivity contribution < 1.29 is 31.6 Å². The third kappa shape index (κ3) is 44.4. The zero-order valence-electron chi connectivity index (χ0n) is 42.6. The molecule has 0 saturated carbocycles. The summed E-state index contributed by atoms with van der Waals surface area (Å²) < 4.78 is 0.870. The minimum Gasteiger partial charge on any atom is -1.00 e. The Hall–Kier alpha value is -0.850. The van der Waals surface area contributed by atoms with Crippen molar-refractivity contribution in [2.45, 2.75) is 303 Å².